The van der Waals surface area contributed by atoms with E-state index in [1.165, 1.54) is 11.1 Å². The van der Waals surface area contributed by atoms with E-state index in [2.05, 4.69) is 181 Å². The van der Waals surface area contributed by atoms with E-state index >= 15 is 0 Å². The minimum absolute atomic E-state index is 0.851. The van der Waals surface area contributed by atoms with Crippen LogP contribution in [0.15, 0.2) is 170 Å². The lowest BCUT2D eigenvalue weighted by atomic mass is 10.0. The molecule has 8 aromatic carbocycles. The summed E-state index contributed by atoms with van der Waals surface area (Å²) in [6, 6.07) is 60.7. The molecular weight excluding hydrogens is 637 g/mol. The van der Waals surface area contributed by atoms with Crippen LogP contribution < -0.4 is 19.3 Å². The average molecular weight is 677 g/mol. The Bertz CT molecular complexity index is 2350. The SMILES string of the molecule is COc1ccc2cc(N(c3ccc(-c4ccc(N(c5ccc(C)cc5)c5ccc(C)cc5)cc4)cc3)c3ccc4cc(OC)ccc4c3)ccc2c1. The average Bonchev–Trinajstić information content (AvgIpc) is 3.19. The number of rotatable bonds is 9. The van der Waals surface area contributed by atoms with Crippen molar-refractivity contribution in [3.8, 4) is 22.6 Å². The van der Waals surface area contributed by atoms with Crippen LogP contribution in [-0.4, -0.2) is 14.2 Å². The molecule has 0 spiro atoms. The first-order valence-corrected chi connectivity index (χ1v) is 17.6. The van der Waals surface area contributed by atoms with E-state index in [0.717, 1.165) is 78.3 Å². The topological polar surface area (TPSA) is 24.9 Å². The van der Waals surface area contributed by atoms with E-state index in [9.17, 15) is 0 Å². The van der Waals surface area contributed by atoms with Crippen LogP contribution in [0.4, 0.5) is 34.1 Å². The fraction of sp³-hybridized carbons (Fsp3) is 0.0833. The van der Waals surface area contributed by atoms with Gasteiger partial charge in [-0.05, 0) is 144 Å². The lowest BCUT2D eigenvalue weighted by molar-refractivity contribution is 0.415. The molecule has 8 aromatic rings. The fourth-order valence-electron chi connectivity index (χ4n) is 6.84. The van der Waals surface area contributed by atoms with Crippen molar-refractivity contribution < 1.29 is 9.47 Å². The van der Waals surface area contributed by atoms with Gasteiger partial charge in [-0.1, -0.05) is 83.9 Å². The number of aryl methyl sites for hydroxylation is 2. The summed E-state index contributed by atoms with van der Waals surface area (Å²) in [5, 5.41) is 4.57. The summed E-state index contributed by atoms with van der Waals surface area (Å²) in [6.07, 6.45) is 0. The first-order chi connectivity index (χ1) is 25.4. The van der Waals surface area contributed by atoms with Gasteiger partial charge in [-0.15, -0.1) is 0 Å². The second kappa shape index (κ2) is 14.0. The predicted octanol–water partition coefficient (Wildman–Crippen LogP) is 13.2. The summed E-state index contributed by atoms with van der Waals surface area (Å²) in [7, 11) is 3.41. The number of methoxy groups -OCH3 is 2. The summed E-state index contributed by atoms with van der Waals surface area (Å²) in [4.78, 5) is 4.63. The molecule has 0 bridgehead atoms. The van der Waals surface area contributed by atoms with Gasteiger partial charge in [0.2, 0.25) is 0 Å². The maximum Gasteiger partial charge on any atom is 0.119 e. The number of benzene rings is 8. The van der Waals surface area contributed by atoms with Crippen LogP contribution in [0, 0.1) is 13.8 Å². The van der Waals surface area contributed by atoms with Crippen LogP contribution in [-0.2, 0) is 0 Å². The molecule has 0 fully saturated rings. The van der Waals surface area contributed by atoms with E-state index in [-0.39, 0.29) is 0 Å². The van der Waals surface area contributed by atoms with Crippen molar-refractivity contribution >= 4 is 55.7 Å². The summed E-state index contributed by atoms with van der Waals surface area (Å²) in [6.45, 7) is 4.25. The van der Waals surface area contributed by atoms with Crippen LogP contribution in [0.5, 0.6) is 11.5 Å². The highest BCUT2D eigenvalue weighted by atomic mass is 16.5. The van der Waals surface area contributed by atoms with Gasteiger partial charge in [0.1, 0.15) is 11.5 Å². The molecule has 0 atom stereocenters. The highest BCUT2D eigenvalue weighted by Crippen LogP contribution is 2.40. The van der Waals surface area contributed by atoms with Crippen LogP contribution in [0.1, 0.15) is 11.1 Å². The number of ether oxygens (including phenoxy) is 2. The van der Waals surface area contributed by atoms with Gasteiger partial charge in [0, 0.05) is 34.1 Å². The Hall–Kier alpha value is -6.52. The molecule has 8 rings (SSSR count). The predicted molar refractivity (Wildman–Crippen MR) is 219 cm³/mol. The van der Waals surface area contributed by atoms with Gasteiger partial charge in [-0.3, -0.25) is 0 Å². The number of fused-ring (bicyclic) bond motifs is 2. The molecule has 52 heavy (non-hydrogen) atoms. The van der Waals surface area contributed by atoms with Gasteiger partial charge in [0.25, 0.3) is 0 Å². The molecule has 0 radical (unpaired) electrons. The normalized spacial score (nSPS) is 11.1. The molecule has 4 heteroatoms. The van der Waals surface area contributed by atoms with Gasteiger partial charge in [0.15, 0.2) is 0 Å². The zero-order chi connectivity index (χ0) is 35.6. The molecule has 0 heterocycles. The molecule has 254 valence electrons. The third kappa shape index (κ3) is 6.55. The number of hydrogen-bond donors (Lipinski definition) is 0. The quantitative estimate of drug-likeness (QED) is 0.152. The number of hydrogen-bond acceptors (Lipinski definition) is 4. The van der Waals surface area contributed by atoms with Crippen molar-refractivity contribution in [1.82, 2.24) is 0 Å². The second-order valence-corrected chi connectivity index (χ2v) is 13.2. The van der Waals surface area contributed by atoms with Gasteiger partial charge in [-0.2, -0.15) is 0 Å². The maximum absolute atomic E-state index is 5.49. The standard InChI is InChI=1S/C48H40N2O2/c1-33-5-17-41(18-6-33)49(42-19-7-34(2)8-20-42)43-21-9-35(10-22-43)36-11-23-44(24-12-36)50(45-25-13-39-31-47(51-3)27-15-37(39)29-45)46-26-14-40-32-48(52-4)28-16-38(40)30-46/h5-32H,1-4H3. The van der Waals surface area contributed by atoms with E-state index in [1.54, 1.807) is 14.2 Å². The molecule has 0 amide bonds. The van der Waals surface area contributed by atoms with Crippen molar-refractivity contribution in [2.75, 3.05) is 24.0 Å². The van der Waals surface area contributed by atoms with Crippen molar-refractivity contribution in [3.63, 3.8) is 0 Å². The molecule has 0 aliphatic rings. The minimum atomic E-state index is 0.851. The molecule has 0 aliphatic heterocycles. The first kappa shape index (κ1) is 32.7. The molecule has 0 saturated carbocycles. The maximum atomic E-state index is 5.49. The molecule has 4 nitrogen and oxygen atoms in total. The number of nitrogens with zero attached hydrogens (tertiary/aromatic N) is 2. The summed E-state index contributed by atoms with van der Waals surface area (Å²) < 4.78 is 11.0. The van der Waals surface area contributed by atoms with E-state index in [1.807, 2.05) is 12.1 Å². The Morgan fingerprint density at radius 3 is 0.962 bits per heavy atom. The van der Waals surface area contributed by atoms with Crippen LogP contribution >= 0.6 is 0 Å². The zero-order valence-corrected chi connectivity index (χ0v) is 29.9. The molecule has 0 aromatic heterocycles. The third-order valence-corrected chi connectivity index (χ3v) is 9.75. The van der Waals surface area contributed by atoms with Gasteiger partial charge >= 0.3 is 0 Å². The molecule has 0 unspecified atom stereocenters. The van der Waals surface area contributed by atoms with Crippen LogP contribution in [0.2, 0.25) is 0 Å². The van der Waals surface area contributed by atoms with Crippen molar-refractivity contribution in [2.45, 2.75) is 13.8 Å². The molecular formula is C48H40N2O2. The van der Waals surface area contributed by atoms with E-state index in [4.69, 9.17) is 9.47 Å². The Kier molecular flexibility index (Phi) is 8.80. The highest BCUT2D eigenvalue weighted by Gasteiger charge is 2.16. The van der Waals surface area contributed by atoms with Gasteiger partial charge in [0.05, 0.1) is 14.2 Å². The van der Waals surface area contributed by atoms with Gasteiger partial charge in [-0.25, -0.2) is 0 Å². The lowest BCUT2D eigenvalue weighted by Crippen LogP contribution is -2.10. The molecule has 0 saturated heterocycles. The Morgan fingerprint density at radius 2 is 0.596 bits per heavy atom. The zero-order valence-electron chi connectivity index (χ0n) is 29.9. The molecule has 0 N–H and O–H groups in total. The van der Waals surface area contributed by atoms with Crippen molar-refractivity contribution in [1.29, 1.82) is 0 Å². The second-order valence-electron chi connectivity index (χ2n) is 13.2. The lowest BCUT2D eigenvalue weighted by Gasteiger charge is -2.27. The van der Waals surface area contributed by atoms with Crippen LogP contribution in [0.3, 0.4) is 0 Å². The fourth-order valence-corrected chi connectivity index (χ4v) is 6.84. The summed E-state index contributed by atoms with van der Waals surface area (Å²) in [5.74, 6) is 1.70. The highest BCUT2D eigenvalue weighted by molar-refractivity contribution is 5.93. The summed E-state index contributed by atoms with van der Waals surface area (Å²) in [5.41, 5.74) is 11.4. The van der Waals surface area contributed by atoms with Crippen molar-refractivity contribution in [2.24, 2.45) is 0 Å². The summed E-state index contributed by atoms with van der Waals surface area (Å²) >= 11 is 0. The Balaban J connectivity index is 1.15. The smallest absolute Gasteiger partial charge is 0.119 e. The van der Waals surface area contributed by atoms with E-state index < -0.39 is 0 Å². The van der Waals surface area contributed by atoms with Crippen molar-refractivity contribution in [3.05, 3.63) is 181 Å². The van der Waals surface area contributed by atoms with E-state index in [0.29, 0.717) is 0 Å². The Morgan fingerprint density at radius 1 is 0.308 bits per heavy atom. The molecule has 0 aliphatic carbocycles. The third-order valence-electron chi connectivity index (χ3n) is 9.75. The first-order valence-electron chi connectivity index (χ1n) is 17.6. The Labute approximate surface area is 305 Å². The minimum Gasteiger partial charge on any atom is -0.497 e. The van der Waals surface area contributed by atoms with Gasteiger partial charge < -0.3 is 19.3 Å². The largest absolute Gasteiger partial charge is 0.497 e. The monoisotopic (exact) mass is 676 g/mol. The number of anilines is 6. The van der Waals surface area contributed by atoms with Crippen LogP contribution in [0.25, 0.3) is 32.7 Å².